The summed E-state index contributed by atoms with van der Waals surface area (Å²) in [6.45, 7) is 3.77. The maximum atomic E-state index is 11.7. The molecule has 0 saturated carbocycles. The molecule has 1 amide bonds. The molecule has 1 N–H and O–H groups in total. The van der Waals surface area contributed by atoms with Crippen LogP contribution in [0.15, 0.2) is 0 Å². The Bertz CT molecular complexity index is 277. The van der Waals surface area contributed by atoms with Crippen molar-refractivity contribution in [3.8, 4) is 0 Å². The van der Waals surface area contributed by atoms with E-state index in [0.29, 0.717) is 6.61 Å². The topological polar surface area (TPSA) is 64.6 Å². The molecule has 0 spiro atoms. The lowest BCUT2D eigenvalue weighted by Gasteiger charge is -2.27. The van der Waals surface area contributed by atoms with Crippen molar-refractivity contribution < 1.29 is 19.1 Å². The summed E-state index contributed by atoms with van der Waals surface area (Å²) >= 11 is 4.01. The number of nitrogens with one attached hydrogen (secondary N) is 1. The lowest BCUT2D eigenvalue weighted by molar-refractivity contribution is -0.160. The number of ether oxygens (including phenoxy) is 2. The van der Waals surface area contributed by atoms with Gasteiger partial charge >= 0.3 is 5.97 Å². The van der Waals surface area contributed by atoms with Crippen LogP contribution in [0.4, 0.5) is 0 Å². The summed E-state index contributed by atoms with van der Waals surface area (Å²) in [5, 5.41) is 2.50. The first-order valence-corrected chi connectivity index (χ1v) is 6.36. The maximum absolute atomic E-state index is 11.7. The molecule has 1 heterocycles. The molecule has 0 bridgehead atoms. The van der Waals surface area contributed by atoms with Crippen molar-refractivity contribution in [1.82, 2.24) is 5.32 Å². The van der Waals surface area contributed by atoms with Crippen LogP contribution in [0.2, 0.25) is 0 Å². The third kappa shape index (κ3) is 4.95. The summed E-state index contributed by atoms with van der Waals surface area (Å²) in [7, 11) is 0. The van der Waals surface area contributed by atoms with Crippen LogP contribution in [0.3, 0.4) is 0 Å². The summed E-state index contributed by atoms with van der Waals surface area (Å²) in [5.41, 5.74) is 0. The van der Waals surface area contributed by atoms with Crippen molar-refractivity contribution in [1.29, 1.82) is 0 Å². The SMILES string of the molecule is CC(=O)N[C@@H](CS)C(=O)OC1CCC(C)OC1. The Hall–Kier alpha value is -0.750. The number of hydrogen-bond acceptors (Lipinski definition) is 5. The first-order valence-electron chi connectivity index (χ1n) is 5.73. The first-order chi connectivity index (χ1) is 8.02. The predicted octanol–water partition coefficient (Wildman–Crippen LogP) is 0.532. The van der Waals surface area contributed by atoms with Crippen LogP contribution in [-0.4, -0.2) is 42.5 Å². The van der Waals surface area contributed by atoms with Gasteiger partial charge in [-0.2, -0.15) is 12.6 Å². The highest BCUT2D eigenvalue weighted by atomic mass is 32.1. The largest absolute Gasteiger partial charge is 0.458 e. The minimum absolute atomic E-state index is 0.213. The van der Waals surface area contributed by atoms with Gasteiger partial charge < -0.3 is 14.8 Å². The lowest BCUT2D eigenvalue weighted by atomic mass is 10.1. The van der Waals surface area contributed by atoms with E-state index in [0.717, 1.165) is 12.8 Å². The second-order valence-corrected chi connectivity index (χ2v) is 4.58. The Labute approximate surface area is 107 Å². The smallest absolute Gasteiger partial charge is 0.329 e. The first kappa shape index (κ1) is 14.3. The van der Waals surface area contributed by atoms with E-state index in [9.17, 15) is 9.59 Å². The predicted molar refractivity (Wildman–Crippen MR) is 66.0 cm³/mol. The van der Waals surface area contributed by atoms with Gasteiger partial charge in [-0.1, -0.05) is 0 Å². The zero-order valence-corrected chi connectivity index (χ0v) is 11.0. The van der Waals surface area contributed by atoms with Gasteiger partial charge in [0.1, 0.15) is 12.1 Å². The Morgan fingerprint density at radius 3 is 2.71 bits per heavy atom. The molecule has 1 rings (SSSR count). The van der Waals surface area contributed by atoms with Crippen molar-refractivity contribution in [3.63, 3.8) is 0 Å². The summed E-state index contributed by atoms with van der Waals surface area (Å²) in [5.74, 6) is -0.490. The Balaban J connectivity index is 2.38. The average Bonchev–Trinajstić information content (AvgIpc) is 2.28. The molecule has 5 nitrogen and oxygen atoms in total. The van der Waals surface area contributed by atoms with Crippen molar-refractivity contribution in [2.75, 3.05) is 12.4 Å². The van der Waals surface area contributed by atoms with Crippen LogP contribution in [0.5, 0.6) is 0 Å². The van der Waals surface area contributed by atoms with E-state index in [1.54, 1.807) is 0 Å². The van der Waals surface area contributed by atoms with Crippen molar-refractivity contribution in [2.24, 2.45) is 0 Å². The molecule has 1 aliphatic rings. The fourth-order valence-electron chi connectivity index (χ4n) is 1.62. The summed E-state index contributed by atoms with van der Waals surface area (Å²) in [6, 6.07) is -0.685. The second-order valence-electron chi connectivity index (χ2n) is 4.22. The standard InChI is InChI=1S/C11H19NO4S/c1-7-3-4-9(5-15-7)16-11(14)10(6-17)12-8(2)13/h7,9-10,17H,3-6H2,1-2H3,(H,12,13)/t7?,9?,10-/m0/s1. The molecule has 0 aromatic rings. The molecule has 98 valence electrons. The minimum atomic E-state index is -0.685. The van der Waals surface area contributed by atoms with Gasteiger partial charge in [0.05, 0.1) is 12.7 Å². The van der Waals surface area contributed by atoms with Gasteiger partial charge in [0.2, 0.25) is 5.91 Å². The molecule has 0 radical (unpaired) electrons. The number of carbonyl (C=O) groups excluding carboxylic acids is 2. The number of amides is 1. The number of thiol groups is 1. The highest BCUT2D eigenvalue weighted by molar-refractivity contribution is 7.80. The number of hydrogen-bond donors (Lipinski definition) is 2. The quantitative estimate of drug-likeness (QED) is 0.572. The van der Waals surface area contributed by atoms with Crippen molar-refractivity contribution >= 4 is 24.5 Å². The Kier molecular flexibility index (Phi) is 5.77. The molecular formula is C11H19NO4S. The van der Waals surface area contributed by atoms with Crippen LogP contribution >= 0.6 is 12.6 Å². The van der Waals surface area contributed by atoms with Gasteiger partial charge in [-0.05, 0) is 19.8 Å². The third-order valence-electron chi connectivity index (χ3n) is 2.59. The van der Waals surface area contributed by atoms with E-state index in [1.165, 1.54) is 6.92 Å². The van der Waals surface area contributed by atoms with Gasteiger partial charge in [-0.25, -0.2) is 4.79 Å². The number of carbonyl (C=O) groups is 2. The van der Waals surface area contributed by atoms with Gasteiger partial charge in [-0.3, -0.25) is 4.79 Å². The zero-order valence-electron chi connectivity index (χ0n) is 10.1. The monoisotopic (exact) mass is 261 g/mol. The Morgan fingerprint density at radius 2 is 2.24 bits per heavy atom. The van der Waals surface area contributed by atoms with Gasteiger partial charge in [0, 0.05) is 12.7 Å². The van der Waals surface area contributed by atoms with E-state index in [2.05, 4.69) is 17.9 Å². The van der Waals surface area contributed by atoms with E-state index < -0.39 is 12.0 Å². The van der Waals surface area contributed by atoms with Crippen LogP contribution < -0.4 is 5.32 Å². The molecule has 1 fully saturated rings. The lowest BCUT2D eigenvalue weighted by Crippen LogP contribution is -2.44. The molecule has 2 unspecified atom stereocenters. The highest BCUT2D eigenvalue weighted by Crippen LogP contribution is 2.16. The van der Waals surface area contributed by atoms with E-state index in [4.69, 9.17) is 9.47 Å². The van der Waals surface area contributed by atoms with Crippen molar-refractivity contribution in [3.05, 3.63) is 0 Å². The average molecular weight is 261 g/mol. The summed E-state index contributed by atoms with van der Waals surface area (Å²) in [6.07, 6.45) is 1.69. The normalized spacial score (nSPS) is 26.1. The number of esters is 1. The van der Waals surface area contributed by atoms with E-state index in [-0.39, 0.29) is 23.9 Å². The second kappa shape index (κ2) is 6.86. The van der Waals surface area contributed by atoms with Crippen LogP contribution in [0.25, 0.3) is 0 Å². The molecule has 17 heavy (non-hydrogen) atoms. The third-order valence-corrected chi connectivity index (χ3v) is 2.95. The van der Waals surface area contributed by atoms with Crippen LogP contribution in [0, 0.1) is 0 Å². The zero-order chi connectivity index (χ0) is 12.8. The van der Waals surface area contributed by atoms with Crippen molar-refractivity contribution in [2.45, 2.75) is 44.9 Å². The molecule has 1 saturated heterocycles. The van der Waals surface area contributed by atoms with E-state index in [1.807, 2.05) is 6.92 Å². The highest BCUT2D eigenvalue weighted by Gasteiger charge is 2.26. The van der Waals surface area contributed by atoms with Gasteiger partial charge in [0.15, 0.2) is 0 Å². The fraction of sp³-hybridized carbons (Fsp3) is 0.818. The summed E-state index contributed by atoms with van der Waals surface area (Å²) < 4.78 is 10.7. The number of rotatable bonds is 4. The maximum Gasteiger partial charge on any atom is 0.329 e. The fourth-order valence-corrected chi connectivity index (χ4v) is 1.86. The van der Waals surface area contributed by atoms with Gasteiger partial charge in [-0.15, -0.1) is 0 Å². The minimum Gasteiger partial charge on any atom is -0.458 e. The molecule has 0 aromatic carbocycles. The summed E-state index contributed by atoms with van der Waals surface area (Å²) in [4.78, 5) is 22.6. The van der Waals surface area contributed by atoms with Gasteiger partial charge in [0.25, 0.3) is 0 Å². The molecule has 6 heteroatoms. The molecule has 0 aromatic heterocycles. The molecule has 1 aliphatic heterocycles. The molecule has 3 atom stereocenters. The van der Waals surface area contributed by atoms with Crippen LogP contribution in [0.1, 0.15) is 26.7 Å². The van der Waals surface area contributed by atoms with Crippen LogP contribution in [-0.2, 0) is 19.1 Å². The molecular weight excluding hydrogens is 242 g/mol. The molecule has 0 aliphatic carbocycles. The Morgan fingerprint density at radius 1 is 1.53 bits per heavy atom. The van der Waals surface area contributed by atoms with E-state index >= 15 is 0 Å².